The number of phenols is 1. The number of unbranched alkanes of at least 4 members (excludes halogenated alkanes) is 15. The van der Waals surface area contributed by atoms with E-state index < -0.39 is 0 Å². The number of anilines is 1. The van der Waals surface area contributed by atoms with Crippen LogP contribution in [0.25, 0.3) is 11.1 Å². The summed E-state index contributed by atoms with van der Waals surface area (Å²) in [4.78, 5) is 12.1. The molecule has 0 heterocycles. The monoisotopic (exact) mass is 480 g/mol. The van der Waals surface area contributed by atoms with Crippen LogP contribution in [0.2, 0.25) is 0 Å². The van der Waals surface area contributed by atoms with Crippen LogP contribution in [-0.2, 0) is 0 Å². The lowest BCUT2D eigenvalue weighted by Gasteiger charge is -2.09. The van der Waals surface area contributed by atoms with Crippen molar-refractivity contribution in [2.45, 2.75) is 110 Å². The molecule has 0 saturated heterocycles. The lowest BCUT2D eigenvalue weighted by molar-refractivity contribution is 0.252. The Morgan fingerprint density at radius 2 is 1.00 bits per heavy atom. The van der Waals surface area contributed by atoms with Gasteiger partial charge in [-0.3, -0.25) is 0 Å². The summed E-state index contributed by atoms with van der Waals surface area (Å²) in [7, 11) is 0. The Morgan fingerprint density at radius 3 is 1.46 bits per heavy atom. The van der Waals surface area contributed by atoms with Crippen LogP contribution in [0.3, 0.4) is 0 Å². The van der Waals surface area contributed by atoms with Crippen molar-refractivity contribution < 1.29 is 9.90 Å². The molecule has 0 bridgehead atoms. The maximum absolute atomic E-state index is 12.1. The molecule has 2 rings (SSSR count). The molecule has 0 spiro atoms. The van der Waals surface area contributed by atoms with Crippen LogP contribution < -0.4 is 10.6 Å². The van der Waals surface area contributed by atoms with Crippen LogP contribution in [0, 0.1) is 0 Å². The van der Waals surface area contributed by atoms with Crippen molar-refractivity contribution in [1.82, 2.24) is 5.32 Å². The lowest BCUT2D eigenvalue weighted by atomic mass is 10.0. The number of hydrogen-bond donors (Lipinski definition) is 3. The van der Waals surface area contributed by atoms with Gasteiger partial charge < -0.3 is 15.7 Å². The molecule has 0 unspecified atom stereocenters. The zero-order valence-electron chi connectivity index (χ0n) is 22.0. The molecule has 0 atom stereocenters. The van der Waals surface area contributed by atoms with Crippen molar-refractivity contribution in [3.05, 3.63) is 48.5 Å². The fourth-order valence-corrected chi connectivity index (χ4v) is 4.45. The smallest absolute Gasteiger partial charge is 0.319 e. The predicted octanol–water partition coefficient (Wildman–Crippen LogP) is 9.44. The molecule has 194 valence electrons. The van der Waals surface area contributed by atoms with E-state index in [0.29, 0.717) is 0 Å². The minimum absolute atomic E-state index is 0.150. The Labute approximate surface area is 213 Å². The number of hydrogen-bond acceptors (Lipinski definition) is 2. The Morgan fingerprint density at radius 1 is 0.600 bits per heavy atom. The highest BCUT2D eigenvalue weighted by atomic mass is 16.3. The van der Waals surface area contributed by atoms with Gasteiger partial charge in [-0.25, -0.2) is 4.79 Å². The third kappa shape index (κ3) is 13.9. The number of amides is 2. The quantitative estimate of drug-likeness (QED) is 0.175. The molecule has 0 aliphatic heterocycles. The van der Waals surface area contributed by atoms with E-state index in [1.165, 1.54) is 96.3 Å². The third-order valence-electron chi connectivity index (χ3n) is 6.66. The van der Waals surface area contributed by atoms with Crippen LogP contribution in [0.1, 0.15) is 110 Å². The van der Waals surface area contributed by atoms with Gasteiger partial charge in [0.1, 0.15) is 5.75 Å². The molecule has 4 heteroatoms. The normalized spacial score (nSPS) is 10.9. The maximum Gasteiger partial charge on any atom is 0.319 e. The van der Waals surface area contributed by atoms with E-state index in [4.69, 9.17) is 0 Å². The first-order valence-electron chi connectivity index (χ1n) is 14.1. The van der Waals surface area contributed by atoms with Gasteiger partial charge >= 0.3 is 6.03 Å². The van der Waals surface area contributed by atoms with Crippen molar-refractivity contribution in [3.63, 3.8) is 0 Å². The van der Waals surface area contributed by atoms with Gasteiger partial charge in [-0.05, 0) is 41.8 Å². The Kier molecular flexibility index (Phi) is 15.4. The number of carbonyl (C=O) groups excluding carboxylic acids is 1. The molecule has 0 radical (unpaired) electrons. The van der Waals surface area contributed by atoms with E-state index in [1.54, 1.807) is 12.1 Å². The van der Waals surface area contributed by atoms with Crippen LogP contribution >= 0.6 is 0 Å². The lowest BCUT2D eigenvalue weighted by Crippen LogP contribution is -2.29. The van der Waals surface area contributed by atoms with E-state index in [0.717, 1.165) is 29.8 Å². The van der Waals surface area contributed by atoms with E-state index in [9.17, 15) is 9.90 Å². The fraction of sp³-hybridized carbons (Fsp3) is 0.581. The number of rotatable bonds is 19. The molecular formula is C31H48N2O2. The van der Waals surface area contributed by atoms with Crippen molar-refractivity contribution >= 4 is 11.7 Å². The van der Waals surface area contributed by atoms with Gasteiger partial charge in [-0.15, -0.1) is 0 Å². The van der Waals surface area contributed by atoms with Crippen molar-refractivity contribution in [1.29, 1.82) is 0 Å². The molecule has 2 aromatic rings. The molecule has 0 aliphatic carbocycles. The average Bonchev–Trinajstić information content (AvgIpc) is 2.87. The number of benzene rings is 2. The highest BCUT2D eigenvalue weighted by Crippen LogP contribution is 2.23. The van der Waals surface area contributed by atoms with Gasteiger partial charge in [-0.2, -0.15) is 0 Å². The van der Waals surface area contributed by atoms with Gasteiger partial charge in [-0.1, -0.05) is 128 Å². The first-order chi connectivity index (χ1) is 17.2. The first-order valence-corrected chi connectivity index (χ1v) is 14.1. The van der Waals surface area contributed by atoms with Crippen molar-refractivity contribution in [2.24, 2.45) is 0 Å². The summed E-state index contributed by atoms with van der Waals surface area (Å²) in [5, 5.41) is 15.3. The second-order valence-electron chi connectivity index (χ2n) is 9.81. The minimum Gasteiger partial charge on any atom is -0.508 e. The molecule has 2 amide bonds. The summed E-state index contributed by atoms with van der Waals surface area (Å²) >= 11 is 0. The average molecular weight is 481 g/mol. The highest BCUT2D eigenvalue weighted by molar-refractivity contribution is 5.89. The molecule has 0 aliphatic rings. The second kappa shape index (κ2) is 18.8. The second-order valence-corrected chi connectivity index (χ2v) is 9.81. The summed E-state index contributed by atoms with van der Waals surface area (Å²) in [5.41, 5.74) is 2.85. The maximum atomic E-state index is 12.1. The summed E-state index contributed by atoms with van der Waals surface area (Å²) in [6, 6.07) is 14.7. The summed E-state index contributed by atoms with van der Waals surface area (Å²) in [5.74, 6) is 0.257. The summed E-state index contributed by atoms with van der Waals surface area (Å²) in [6.45, 7) is 3.00. The molecule has 35 heavy (non-hydrogen) atoms. The molecule has 3 N–H and O–H groups in total. The Bertz CT molecular complexity index is 787. The fourth-order valence-electron chi connectivity index (χ4n) is 4.45. The van der Waals surface area contributed by atoms with Gasteiger partial charge in [0.25, 0.3) is 0 Å². The van der Waals surface area contributed by atoms with Crippen LogP contribution in [0.5, 0.6) is 5.75 Å². The number of aromatic hydroxyl groups is 1. The van der Waals surface area contributed by atoms with Gasteiger partial charge in [0, 0.05) is 12.2 Å². The van der Waals surface area contributed by atoms with Crippen LogP contribution in [0.15, 0.2) is 48.5 Å². The molecule has 0 fully saturated rings. The van der Waals surface area contributed by atoms with Gasteiger partial charge in [0.15, 0.2) is 0 Å². The van der Waals surface area contributed by atoms with E-state index in [2.05, 4.69) is 17.6 Å². The zero-order valence-corrected chi connectivity index (χ0v) is 22.0. The largest absolute Gasteiger partial charge is 0.508 e. The van der Waals surface area contributed by atoms with Crippen LogP contribution in [0.4, 0.5) is 10.5 Å². The third-order valence-corrected chi connectivity index (χ3v) is 6.66. The Balaban J connectivity index is 1.39. The summed E-state index contributed by atoms with van der Waals surface area (Å²) in [6.07, 6.45) is 21.7. The summed E-state index contributed by atoms with van der Waals surface area (Å²) < 4.78 is 0. The SMILES string of the molecule is CCCCCCCCCCCCCCCCCCNC(=O)Nc1ccc(-c2ccc(O)cc2)cc1. The van der Waals surface area contributed by atoms with Crippen molar-refractivity contribution in [2.75, 3.05) is 11.9 Å². The topological polar surface area (TPSA) is 61.4 Å². The zero-order chi connectivity index (χ0) is 25.0. The number of urea groups is 1. The number of phenolic OH excluding ortho intramolecular Hbond substituents is 1. The molecular weight excluding hydrogens is 432 g/mol. The first kappa shape index (κ1) is 28.7. The highest BCUT2D eigenvalue weighted by Gasteiger charge is 2.03. The molecule has 4 nitrogen and oxygen atoms in total. The van der Waals surface area contributed by atoms with Gasteiger partial charge in [0.2, 0.25) is 0 Å². The van der Waals surface area contributed by atoms with E-state index >= 15 is 0 Å². The van der Waals surface area contributed by atoms with Crippen molar-refractivity contribution in [3.8, 4) is 16.9 Å². The molecule has 2 aromatic carbocycles. The molecule has 0 aromatic heterocycles. The Hall–Kier alpha value is -2.49. The standard InChI is InChI=1S/C31H48N2O2/c1-2-3-4-5-6-7-8-9-10-11-12-13-14-15-16-17-26-32-31(35)33-29-22-18-27(19-23-29)28-20-24-30(34)25-21-28/h18-25,34H,2-17,26H2,1H3,(H2,32,33,35). The number of nitrogens with one attached hydrogen (secondary N) is 2. The van der Waals surface area contributed by atoms with E-state index in [-0.39, 0.29) is 11.8 Å². The van der Waals surface area contributed by atoms with E-state index in [1.807, 2.05) is 36.4 Å². The number of carbonyl (C=O) groups is 1. The molecule has 0 saturated carbocycles. The minimum atomic E-state index is -0.150. The van der Waals surface area contributed by atoms with Crippen LogP contribution in [-0.4, -0.2) is 17.7 Å². The predicted molar refractivity (Wildman–Crippen MR) is 150 cm³/mol. The van der Waals surface area contributed by atoms with Gasteiger partial charge in [0.05, 0.1) is 0 Å².